The van der Waals surface area contributed by atoms with Crippen LogP contribution in [0.5, 0.6) is 0 Å². The minimum absolute atomic E-state index is 0.0169. The van der Waals surface area contributed by atoms with Crippen molar-refractivity contribution < 1.29 is 9.59 Å². The number of pyridine rings is 1. The van der Waals surface area contributed by atoms with Crippen molar-refractivity contribution in [3.63, 3.8) is 0 Å². The van der Waals surface area contributed by atoms with Crippen LogP contribution in [0.2, 0.25) is 0 Å². The lowest BCUT2D eigenvalue weighted by Gasteiger charge is -2.28. The van der Waals surface area contributed by atoms with E-state index in [9.17, 15) is 9.59 Å². The van der Waals surface area contributed by atoms with Gasteiger partial charge in [0.2, 0.25) is 11.8 Å². The average molecular weight is 381 g/mol. The third kappa shape index (κ3) is 4.08. The molecule has 2 N–H and O–H groups in total. The van der Waals surface area contributed by atoms with Crippen LogP contribution >= 0.6 is 0 Å². The number of nitrogens with zero attached hydrogens (tertiary/aromatic N) is 3. The first kappa shape index (κ1) is 18.7. The molecule has 0 spiro atoms. The average Bonchev–Trinajstić information content (AvgIpc) is 3.12. The molecule has 0 aromatic carbocycles. The zero-order chi connectivity index (χ0) is 19.5. The maximum absolute atomic E-state index is 12.7. The Morgan fingerprint density at radius 1 is 1.21 bits per heavy atom. The SMILES string of the molecule is CC(=O)N[C@H]1CCC[C@@H](C(=O)Nc2cc(-c3cnn4c3CCCC4)ccn2)C1. The van der Waals surface area contributed by atoms with Gasteiger partial charge in [-0.1, -0.05) is 6.42 Å². The summed E-state index contributed by atoms with van der Waals surface area (Å²) in [4.78, 5) is 28.4. The van der Waals surface area contributed by atoms with Gasteiger partial charge >= 0.3 is 0 Å². The first-order chi connectivity index (χ1) is 13.6. The van der Waals surface area contributed by atoms with Crippen LogP contribution in [0.3, 0.4) is 0 Å². The van der Waals surface area contributed by atoms with E-state index in [4.69, 9.17) is 0 Å². The van der Waals surface area contributed by atoms with Crippen LogP contribution < -0.4 is 10.6 Å². The summed E-state index contributed by atoms with van der Waals surface area (Å²) in [6.45, 7) is 2.50. The van der Waals surface area contributed by atoms with E-state index in [2.05, 4.69) is 25.4 Å². The molecule has 2 aromatic heterocycles. The highest BCUT2D eigenvalue weighted by Crippen LogP contribution is 2.29. The van der Waals surface area contributed by atoms with Gasteiger partial charge in [-0.05, 0) is 56.2 Å². The molecule has 4 rings (SSSR count). The standard InChI is InChI=1S/C21H27N5O2/c1-14(27)24-17-6-4-5-16(11-17)21(28)25-20-12-15(8-9-22-20)18-13-23-26-10-3-2-7-19(18)26/h8-9,12-13,16-17H,2-7,10-11H2,1H3,(H,24,27)(H,22,25,28)/t16-,17+/m1/s1. The number of anilines is 1. The predicted octanol–water partition coefficient (Wildman–Crippen LogP) is 2.91. The highest BCUT2D eigenvalue weighted by atomic mass is 16.2. The fourth-order valence-corrected chi connectivity index (χ4v) is 4.40. The Morgan fingerprint density at radius 2 is 2.11 bits per heavy atom. The monoisotopic (exact) mass is 381 g/mol. The Balaban J connectivity index is 1.45. The molecule has 0 bridgehead atoms. The minimum Gasteiger partial charge on any atom is -0.354 e. The number of hydrogen-bond donors (Lipinski definition) is 2. The van der Waals surface area contributed by atoms with Crippen molar-refractivity contribution in [2.24, 2.45) is 5.92 Å². The fourth-order valence-electron chi connectivity index (χ4n) is 4.40. The van der Waals surface area contributed by atoms with Crippen molar-refractivity contribution in [1.82, 2.24) is 20.1 Å². The van der Waals surface area contributed by atoms with Crippen molar-refractivity contribution in [2.75, 3.05) is 5.32 Å². The summed E-state index contributed by atoms with van der Waals surface area (Å²) < 4.78 is 2.09. The highest BCUT2D eigenvalue weighted by Gasteiger charge is 2.28. The van der Waals surface area contributed by atoms with E-state index in [1.54, 1.807) is 6.20 Å². The quantitative estimate of drug-likeness (QED) is 0.852. The van der Waals surface area contributed by atoms with Crippen molar-refractivity contribution in [3.05, 3.63) is 30.2 Å². The van der Waals surface area contributed by atoms with Crippen LogP contribution in [0.25, 0.3) is 11.1 Å². The summed E-state index contributed by atoms with van der Waals surface area (Å²) in [6.07, 6.45) is 10.5. The molecule has 148 valence electrons. The van der Waals surface area contributed by atoms with Crippen molar-refractivity contribution in [3.8, 4) is 11.1 Å². The van der Waals surface area contributed by atoms with Gasteiger partial charge in [-0.2, -0.15) is 5.10 Å². The molecule has 3 heterocycles. The summed E-state index contributed by atoms with van der Waals surface area (Å²) in [5.41, 5.74) is 3.43. The molecule has 7 nitrogen and oxygen atoms in total. The molecule has 1 aliphatic heterocycles. The molecule has 7 heteroatoms. The van der Waals surface area contributed by atoms with E-state index in [1.165, 1.54) is 25.5 Å². The second-order valence-corrected chi connectivity index (χ2v) is 7.87. The third-order valence-corrected chi connectivity index (χ3v) is 5.76. The van der Waals surface area contributed by atoms with Gasteiger partial charge in [0.1, 0.15) is 5.82 Å². The summed E-state index contributed by atoms with van der Waals surface area (Å²) in [5, 5.41) is 10.4. The number of amides is 2. The fraction of sp³-hybridized carbons (Fsp3) is 0.524. The molecule has 2 atom stereocenters. The highest BCUT2D eigenvalue weighted by molar-refractivity contribution is 5.92. The molecular formula is C21H27N5O2. The number of aryl methyl sites for hydroxylation is 1. The maximum atomic E-state index is 12.7. The molecule has 2 aliphatic rings. The zero-order valence-corrected chi connectivity index (χ0v) is 16.3. The number of nitrogens with one attached hydrogen (secondary N) is 2. The van der Waals surface area contributed by atoms with Gasteiger partial charge in [-0.15, -0.1) is 0 Å². The summed E-state index contributed by atoms with van der Waals surface area (Å²) >= 11 is 0. The molecule has 1 aliphatic carbocycles. The molecule has 2 amide bonds. The number of carbonyl (C=O) groups is 2. The van der Waals surface area contributed by atoms with Gasteiger partial charge in [0, 0.05) is 42.9 Å². The Kier molecular flexibility index (Phi) is 5.41. The molecule has 0 unspecified atom stereocenters. The van der Waals surface area contributed by atoms with Gasteiger partial charge in [0.15, 0.2) is 0 Å². The maximum Gasteiger partial charge on any atom is 0.228 e. The van der Waals surface area contributed by atoms with Gasteiger partial charge in [-0.25, -0.2) is 4.98 Å². The smallest absolute Gasteiger partial charge is 0.228 e. The number of aromatic nitrogens is 3. The third-order valence-electron chi connectivity index (χ3n) is 5.76. The van der Waals surface area contributed by atoms with Gasteiger partial charge in [0.25, 0.3) is 0 Å². The molecule has 0 radical (unpaired) electrons. The Morgan fingerprint density at radius 3 is 2.96 bits per heavy atom. The largest absolute Gasteiger partial charge is 0.354 e. The van der Waals surface area contributed by atoms with Crippen LogP contribution in [0.15, 0.2) is 24.5 Å². The number of hydrogen-bond acceptors (Lipinski definition) is 4. The van der Waals surface area contributed by atoms with Crippen molar-refractivity contribution >= 4 is 17.6 Å². The van der Waals surface area contributed by atoms with E-state index >= 15 is 0 Å². The van der Waals surface area contributed by atoms with Gasteiger partial charge in [-0.3, -0.25) is 14.3 Å². The first-order valence-corrected chi connectivity index (χ1v) is 10.2. The van der Waals surface area contributed by atoms with Crippen LogP contribution in [0.4, 0.5) is 5.82 Å². The van der Waals surface area contributed by atoms with Crippen molar-refractivity contribution in [1.29, 1.82) is 0 Å². The molecule has 28 heavy (non-hydrogen) atoms. The minimum atomic E-state index is -0.0973. The Bertz CT molecular complexity index is 875. The number of carbonyl (C=O) groups excluding carboxylic acids is 2. The van der Waals surface area contributed by atoms with Gasteiger partial charge in [0.05, 0.1) is 6.20 Å². The van der Waals surface area contributed by atoms with Crippen LogP contribution in [0, 0.1) is 5.92 Å². The van der Waals surface area contributed by atoms with Crippen LogP contribution in [0.1, 0.15) is 51.1 Å². The topological polar surface area (TPSA) is 88.9 Å². The van der Waals surface area contributed by atoms with E-state index in [-0.39, 0.29) is 23.8 Å². The van der Waals surface area contributed by atoms with Crippen LogP contribution in [-0.4, -0.2) is 32.6 Å². The van der Waals surface area contributed by atoms with E-state index < -0.39 is 0 Å². The Hall–Kier alpha value is -2.70. The molecule has 1 fully saturated rings. The Labute approximate surface area is 164 Å². The van der Waals surface area contributed by atoms with Crippen molar-refractivity contribution in [2.45, 2.75) is 64.5 Å². The first-order valence-electron chi connectivity index (χ1n) is 10.2. The number of fused-ring (bicyclic) bond motifs is 1. The van der Waals surface area contributed by atoms with Crippen LogP contribution in [-0.2, 0) is 22.6 Å². The van der Waals surface area contributed by atoms with E-state index in [0.717, 1.165) is 43.4 Å². The predicted molar refractivity (Wildman–Crippen MR) is 107 cm³/mol. The lowest BCUT2D eigenvalue weighted by atomic mass is 9.85. The van der Waals surface area contributed by atoms with E-state index in [1.807, 2.05) is 18.3 Å². The molecule has 2 aromatic rings. The zero-order valence-electron chi connectivity index (χ0n) is 16.3. The van der Waals surface area contributed by atoms with E-state index in [0.29, 0.717) is 12.2 Å². The lowest BCUT2D eigenvalue weighted by Crippen LogP contribution is -2.40. The second kappa shape index (κ2) is 8.12. The number of rotatable bonds is 4. The summed E-state index contributed by atoms with van der Waals surface area (Å²) in [7, 11) is 0. The van der Waals surface area contributed by atoms with Gasteiger partial charge < -0.3 is 10.6 Å². The lowest BCUT2D eigenvalue weighted by molar-refractivity contribution is -0.123. The molecule has 1 saturated carbocycles. The molecular weight excluding hydrogens is 354 g/mol. The summed E-state index contributed by atoms with van der Waals surface area (Å²) in [5.74, 6) is 0.418. The normalized spacial score (nSPS) is 21.6. The second-order valence-electron chi connectivity index (χ2n) is 7.87. The molecule has 0 saturated heterocycles. The summed E-state index contributed by atoms with van der Waals surface area (Å²) in [6, 6.07) is 3.98.